The summed E-state index contributed by atoms with van der Waals surface area (Å²) >= 11 is 0. The lowest BCUT2D eigenvalue weighted by Crippen LogP contribution is -2.66. The SMILES string of the molecule is CCCCCCCCCCCCC(CCC)OO[C@]1(CCCCc2ccccc2)O[C@H](CO)[C@@H](O)[C@H](O)[C@H]1O. The lowest BCUT2D eigenvalue weighted by Gasteiger charge is -2.47. The number of aliphatic hydroxyl groups is 4. The molecule has 4 N–H and O–H groups in total. The van der Waals surface area contributed by atoms with Gasteiger partial charge in [-0.3, -0.25) is 0 Å². The zero-order valence-corrected chi connectivity index (χ0v) is 24.5. The fourth-order valence-electron chi connectivity index (χ4n) is 5.44. The maximum atomic E-state index is 11.0. The molecule has 7 heteroatoms. The Kier molecular flexibility index (Phi) is 17.4. The molecule has 0 radical (unpaired) electrons. The first-order valence-electron chi connectivity index (χ1n) is 15.7. The van der Waals surface area contributed by atoms with Crippen molar-refractivity contribution in [3.8, 4) is 0 Å². The highest BCUT2D eigenvalue weighted by atomic mass is 17.2. The first-order valence-corrected chi connectivity index (χ1v) is 15.7. The Morgan fingerprint density at radius 2 is 1.41 bits per heavy atom. The molecular weight excluding hydrogens is 496 g/mol. The van der Waals surface area contributed by atoms with Crippen LogP contribution in [0.3, 0.4) is 0 Å². The maximum absolute atomic E-state index is 11.0. The van der Waals surface area contributed by atoms with Crippen LogP contribution in [0.1, 0.15) is 122 Å². The smallest absolute Gasteiger partial charge is 0.230 e. The lowest BCUT2D eigenvalue weighted by molar-refractivity contribution is -0.492. The summed E-state index contributed by atoms with van der Waals surface area (Å²) in [5.41, 5.74) is 1.22. The number of aryl methyl sites for hydroxylation is 1. The number of hydrogen-bond acceptors (Lipinski definition) is 7. The van der Waals surface area contributed by atoms with Gasteiger partial charge in [-0.05, 0) is 37.7 Å². The monoisotopic (exact) mass is 552 g/mol. The fourth-order valence-corrected chi connectivity index (χ4v) is 5.44. The van der Waals surface area contributed by atoms with Crippen LogP contribution in [0, 0.1) is 0 Å². The van der Waals surface area contributed by atoms with E-state index in [1.165, 1.54) is 56.9 Å². The van der Waals surface area contributed by atoms with Crippen LogP contribution in [0.2, 0.25) is 0 Å². The second kappa shape index (κ2) is 19.9. The Morgan fingerprint density at radius 3 is 2.03 bits per heavy atom. The van der Waals surface area contributed by atoms with E-state index in [4.69, 9.17) is 14.5 Å². The molecule has 1 saturated heterocycles. The molecule has 1 aliphatic heterocycles. The van der Waals surface area contributed by atoms with Crippen molar-refractivity contribution in [1.82, 2.24) is 0 Å². The highest BCUT2D eigenvalue weighted by Gasteiger charge is 2.55. The van der Waals surface area contributed by atoms with Gasteiger partial charge in [-0.25, -0.2) is 4.89 Å². The highest BCUT2D eigenvalue weighted by molar-refractivity contribution is 5.14. The van der Waals surface area contributed by atoms with Crippen LogP contribution in [0.25, 0.3) is 0 Å². The molecule has 0 saturated carbocycles. The third-order valence-electron chi connectivity index (χ3n) is 7.93. The van der Waals surface area contributed by atoms with E-state index >= 15 is 0 Å². The van der Waals surface area contributed by atoms with E-state index in [9.17, 15) is 20.4 Å². The molecule has 1 aromatic rings. The van der Waals surface area contributed by atoms with Gasteiger partial charge in [0.2, 0.25) is 5.79 Å². The van der Waals surface area contributed by atoms with Crippen molar-refractivity contribution in [2.45, 2.75) is 159 Å². The molecule has 1 aromatic carbocycles. The zero-order chi connectivity index (χ0) is 28.3. The van der Waals surface area contributed by atoms with Crippen molar-refractivity contribution in [2.75, 3.05) is 6.61 Å². The summed E-state index contributed by atoms with van der Waals surface area (Å²) in [6.45, 7) is 3.84. The van der Waals surface area contributed by atoms with Gasteiger partial charge in [0, 0.05) is 6.42 Å². The first-order chi connectivity index (χ1) is 19.0. The molecule has 0 spiro atoms. The van der Waals surface area contributed by atoms with E-state index in [0.717, 1.165) is 44.9 Å². The Bertz CT molecular complexity index is 716. The summed E-state index contributed by atoms with van der Waals surface area (Å²) < 4.78 is 5.95. The minimum atomic E-state index is -1.66. The molecule has 1 unspecified atom stereocenters. The molecule has 0 bridgehead atoms. The summed E-state index contributed by atoms with van der Waals surface area (Å²) in [5, 5.41) is 41.6. The third kappa shape index (κ3) is 12.1. The molecule has 39 heavy (non-hydrogen) atoms. The van der Waals surface area contributed by atoms with Gasteiger partial charge in [-0.1, -0.05) is 115 Å². The summed E-state index contributed by atoms with van der Waals surface area (Å²) in [6, 6.07) is 10.2. The summed E-state index contributed by atoms with van der Waals surface area (Å²) in [5.74, 6) is -1.66. The Labute approximate surface area is 236 Å². The molecule has 6 atom stereocenters. The maximum Gasteiger partial charge on any atom is 0.230 e. The van der Waals surface area contributed by atoms with Crippen LogP contribution in [-0.2, 0) is 20.9 Å². The molecular formula is C32H56O7. The van der Waals surface area contributed by atoms with Crippen molar-refractivity contribution in [1.29, 1.82) is 0 Å². The average Bonchev–Trinajstić information content (AvgIpc) is 2.96. The molecule has 1 fully saturated rings. The van der Waals surface area contributed by atoms with Crippen molar-refractivity contribution in [3.05, 3.63) is 35.9 Å². The third-order valence-corrected chi connectivity index (χ3v) is 7.93. The predicted octanol–water partition coefficient (Wildman–Crippen LogP) is 6.00. The Balaban J connectivity index is 1.88. The van der Waals surface area contributed by atoms with Crippen LogP contribution in [-0.4, -0.2) is 63.3 Å². The van der Waals surface area contributed by atoms with Crippen molar-refractivity contribution < 1.29 is 34.9 Å². The molecule has 2 rings (SSSR count). The Morgan fingerprint density at radius 1 is 0.769 bits per heavy atom. The molecule has 226 valence electrons. The van der Waals surface area contributed by atoms with Crippen LogP contribution in [0.4, 0.5) is 0 Å². The zero-order valence-electron chi connectivity index (χ0n) is 24.5. The second-order valence-electron chi connectivity index (χ2n) is 11.3. The topological polar surface area (TPSA) is 109 Å². The van der Waals surface area contributed by atoms with E-state index in [1.54, 1.807) is 0 Å². The molecule has 0 aromatic heterocycles. The van der Waals surface area contributed by atoms with Gasteiger partial charge in [-0.2, -0.15) is 4.89 Å². The molecule has 1 aliphatic rings. The van der Waals surface area contributed by atoms with Crippen LogP contribution in [0.15, 0.2) is 30.3 Å². The summed E-state index contributed by atoms with van der Waals surface area (Å²) in [6.07, 6.45) is 12.2. The number of unbranched alkanes of at least 4 members (excludes halogenated alkanes) is 10. The second-order valence-corrected chi connectivity index (χ2v) is 11.3. The minimum absolute atomic E-state index is 0.155. The van der Waals surface area contributed by atoms with Crippen molar-refractivity contribution >= 4 is 0 Å². The lowest BCUT2D eigenvalue weighted by atomic mass is 9.89. The van der Waals surface area contributed by atoms with Gasteiger partial charge >= 0.3 is 0 Å². The number of ether oxygens (including phenoxy) is 1. The highest BCUT2D eigenvalue weighted by Crippen LogP contribution is 2.36. The van der Waals surface area contributed by atoms with E-state index in [1.807, 2.05) is 18.2 Å². The molecule has 1 heterocycles. The minimum Gasteiger partial charge on any atom is -0.394 e. The van der Waals surface area contributed by atoms with Crippen molar-refractivity contribution in [2.24, 2.45) is 0 Å². The molecule has 7 nitrogen and oxygen atoms in total. The molecule has 0 aliphatic carbocycles. The van der Waals surface area contributed by atoms with E-state index in [0.29, 0.717) is 6.42 Å². The van der Waals surface area contributed by atoms with Crippen molar-refractivity contribution in [3.63, 3.8) is 0 Å². The van der Waals surface area contributed by atoms with Gasteiger partial charge in [0.1, 0.15) is 24.4 Å². The normalized spacial score (nSPS) is 26.1. The average molecular weight is 553 g/mol. The number of hydrogen-bond donors (Lipinski definition) is 4. The summed E-state index contributed by atoms with van der Waals surface area (Å²) in [7, 11) is 0. The number of rotatable bonds is 22. The van der Waals surface area contributed by atoms with Gasteiger partial charge in [0.25, 0.3) is 0 Å². The van der Waals surface area contributed by atoms with Gasteiger partial charge in [0.05, 0.1) is 12.7 Å². The molecule has 0 amide bonds. The largest absolute Gasteiger partial charge is 0.394 e. The summed E-state index contributed by atoms with van der Waals surface area (Å²) in [4.78, 5) is 11.8. The van der Waals surface area contributed by atoms with Crippen LogP contribution >= 0.6 is 0 Å². The fraction of sp³-hybridized carbons (Fsp3) is 0.812. The van der Waals surface area contributed by atoms with E-state index < -0.39 is 36.8 Å². The van der Waals surface area contributed by atoms with Crippen LogP contribution in [0.5, 0.6) is 0 Å². The van der Waals surface area contributed by atoms with Crippen LogP contribution < -0.4 is 0 Å². The van der Waals surface area contributed by atoms with Gasteiger partial charge in [-0.15, -0.1) is 0 Å². The standard InChI is InChI=1S/C32H56O7/c1-3-5-6-7-8-9-10-11-12-16-23-27(19-4-2)38-39-32(24-18-17-22-26-20-14-13-15-21-26)31(36)30(35)29(34)28(25-33)37-32/h13-15,20-21,27-31,33-36H,3-12,16-19,22-25H2,1-2H3/t27?,28-,29-,30+,31-,32+/m1/s1. The number of aliphatic hydroxyl groups excluding tert-OH is 4. The van der Waals surface area contributed by atoms with E-state index in [2.05, 4.69) is 26.0 Å². The number of benzene rings is 1. The van der Waals surface area contributed by atoms with Gasteiger partial charge in [0.15, 0.2) is 0 Å². The Hall–Kier alpha value is -1.06. The van der Waals surface area contributed by atoms with Gasteiger partial charge < -0.3 is 25.2 Å². The predicted molar refractivity (Wildman–Crippen MR) is 154 cm³/mol. The quantitative estimate of drug-likeness (QED) is 0.0794. The first kappa shape index (κ1) is 34.1. The van der Waals surface area contributed by atoms with E-state index in [-0.39, 0.29) is 12.5 Å².